The van der Waals surface area contributed by atoms with Crippen molar-refractivity contribution in [2.24, 2.45) is 0 Å². The molecular weight excluding hydrogens is 415 g/mol. The van der Waals surface area contributed by atoms with E-state index in [0.717, 1.165) is 0 Å². The Labute approximate surface area is 184 Å². The lowest BCUT2D eigenvalue weighted by Crippen LogP contribution is -2.47. The van der Waals surface area contributed by atoms with Gasteiger partial charge in [-0.1, -0.05) is 24.3 Å². The van der Waals surface area contributed by atoms with Crippen LogP contribution < -0.4 is 19.9 Å². The van der Waals surface area contributed by atoms with Crippen LogP contribution in [-0.4, -0.2) is 47.7 Å². The second kappa shape index (κ2) is 9.46. The molecule has 0 amide bonds. The van der Waals surface area contributed by atoms with Gasteiger partial charge in [-0.05, 0) is 31.2 Å². The SMILES string of the molecule is CCOc1ccccc1Nc1ncnc(N2CCN(c3ccccc3F)CC2)c1[N+](=O)[O-]. The number of rotatable bonds is 7. The molecule has 1 fully saturated rings. The largest absolute Gasteiger partial charge is 0.492 e. The molecule has 166 valence electrons. The van der Waals surface area contributed by atoms with Crippen molar-refractivity contribution in [1.29, 1.82) is 0 Å². The first-order valence-electron chi connectivity index (χ1n) is 10.3. The zero-order valence-electron chi connectivity index (χ0n) is 17.6. The van der Waals surface area contributed by atoms with E-state index in [1.165, 1.54) is 12.4 Å². The predicted octanol–water partition coefficient (Wildman–Crippen LogP) is 3.99. The number of aromatic nitrogens is 2. The Balaban J connectivity index is 1.58. The van der Waals surface area contributed by atoms with Crippen LogP contribution in [0.4, 0.5) is 33.1 Å². The second-order valence-electron chi connectivity index (χ2n) is 7.13. The minimum absolute atomic E-state index is 0.0867. The molecule has 1 aliphatic rings. The maximum atomic E-state index is 14.1. The topological polar surface area (TPSA) is 96.7 Å². The van der Waals surface area contributed by atoms with Crippen LogP contribution in [0.3, 0.4) is 0 Å². The number of nitrogens with zero attached hydrogens (tertiary/aromatic N) is 5. The van der Waals surface area contributed by atoms with Crippen molar-refractivity contribution < 1.29 is 14.1 Å². The molecule has 3 aromatic rings. The lowest BCUT2D eigenvalue weighted by atomic mass is 10.2. The fourth-order valence-corrected chi connectivity index (χ4v) is 3.71. The molecule has 2 aromatic carbocycles. The molecule has 0 aliphatic carbocycles. The van der Waals surface area contributed by atoms with Crippen molar-refractivity contribution in [3.8, 4) is 5.75 Å². The smallest absolute Gasteiger partial charge is 0.353 e. The van der Waals surface area contributed by atoms with Crippen LogP contribution in [0.1, 0.15) is 6.92 Å². The van der Waals surface area contributed by atoms with Crippen LogP contribution in [0, 0.1) is 15.9 Å². The quantitative estimate of drug-likeness (QED) is 0.437. The maximum absolute atomic E-state index is 14.1. The Morgan fingerprint density at radius 3 is 2.47 bits per heavy atom. The average molecular weight is 438 g/mol. The maximum Gasteiger partial charge on any atom is 0.353 e. The molecule has 0 saturated carbocycles. The molecule has 1 saturated heterocycles. The van der Waals surface area contributed by atoms with E-state index in [0.29, 0.717) is 49.9 Å². The summed E-state index contributed by atoms with van der Waals surface area (Å²) in [6.45, 7) is 4.27. The van der Waals surface area contributed by atoms with Gasteiger partial charge < -0.3 is 19.9 Å². The minimum atomic E-state index is -0.482. The van der Waals surface area contributed by atoms with Gasteiger partial charge in [0.15, 0.2) is 0 Å². The van der Waals surface area contributed by atoms with Gasteiger partial charge in [0.1, 0.15) is 17.9 Å². The number of nitrogens with one attached hydrogen (secondary N) is 1. The molecule has 1 aromatic heterocycles. The van der Waals surface area contributed by atoms with Crippen LogP contribution in [0.25, 0.3) is 0 Å². The third-order valence-corrected chi connectivity index (χ3v) is 5.20. The van der Waals surface area contributed by atoms with Crippen molar-refractivity contribution >= 4 is 28.7 Å². The first-order chi connectivity index (χ1) is 15.6. The fourth-order valence-electron chi connectivity index (χ4n) is 3.71. The lowest BCUT2D eigenvalue weighted by molar-refractivity contribution is -0.383. The number of anilines is 4. The molecule has 1 N–H and O–H groups in total. The number of nitro groups is 1. The van der Waals surface area contributed by atoms with E-state index >= 15 is 0 Å². The van der Waals surface area contributed by atoms with E-state index in [1.54, 1.807) is 36.4 Å². The summed E-state index contributed by atoms with van der Waals surface area (Å²) in [6, 6.07) is 13.8. The normalized spacial score (nSPS) is 13.7. The van der Waals surface area contributed by atoms with Gasteiger partial charge >= 0.3 is 5.69 Å². The Hall–Kier alpha value is -3.95. The van der Waals surface area contributed by atoms with E-state index in [1.807, 2.05) is 22.8 Å². The van der Waals surface area contributed by atoms with Gasteiger partial charge in [-0.15, -0.1) is 0 Å². The van der Waals surface area contributed by atoms with Crippen LogP contribution in [0.15, 0.2) is 54.9 Å². The van der Waals surface area contributed by atoms with Gasteiger partial charge in [0.25, 0.3) is 0 Å². The van der Waals surface area contributed by atoms with E-state index in [9.17, 15) is 14.5 Å². The highest BCUT2D eigenvalue weighted by Crippen LogP contribution is 2.36. The van der Waals surface area contributed by atoms with Crippen molar-refractivity contribution in [2.45, 2.75) is 6.92 Å². The first-order valence-corrected chi connectivity index (χ1v) is 10.3. The van der Waals surface area contributed by atoms with Gasteiger partial charge in [0.2, 0.25) is 11.6 Å². The summed E-state index contributed by atoms with van der Waals surface area (Å²) in [6.07, 6.45) is 1.30. The molecule has 0 spiro atoms. The highest BCUT2D eigenvalue weighted by atomic mass is 19.1. The minimum Gasteiger partial charge on any atom is -0.492 e. The number of hydrogen-bond acceptors (Lipinski definition) is 8. The molecule has 32 heavy (non-hydrogen) atoms. The molecule has 0 unspecified atom stereocenters. The number of halogens is 1. The van der Waals surface area contributed by atoms with Crippen molar-refractivity contribution in [2.75, 3.05) is 47.9 Å². The van der Waals surface area contributed by atoms with E-state index in [4.69, 9.17) is 4.74 Å². The number of para-hydroxylation sites is 3. The summed E-state index contributed by atoms with van der Waals surface area (Å²) in [7, 11) is 0. The fraction of sp³-hybridized carbons (Fsp3) is 0.273. The summed E-state index contributed by atoms with van der Waals surface area (Å²) in [5.41, 5.74) is 0.892. The van der Waals surface area contributed by atoms with Crippen LogP contribution in [0.2, 0.25) is 0 Å². The zero-order chi connectivity index (χ0) is 22.5. The van der Waals surface area contributed by atoms with Crippen LogP contribution in [-0.2, 0) is 0 Å². The Morgan fingerprint density at radius 1 is 1.06 bits per heavy atom. The average Bonchev–Trinajstić information content (AvgIpc) is 2.81. The van der Waals surface area contributed by atoms with E-state index in [-0.39, 0.29) is 23.1 Å². The summed E-state index contributed by atoms with van der Waals surface area (Å²) in [5.74, 6) is 0.606. The third kappa shape index (κ3) is 4.39. The Kier molecular flexibility index (Phi) is 6.29. The molecule has 10 heteroatoms. The second-order valence-corrected chi connectivity index (χ2v) is 7.13. The molecule has 0 atom stereocenters. The number of piperazine rings is 1. The number of ether oxygens (including phenoxy) is 1. The van der Waals surface area contributed by atoms with Crippen molar-refractivity contribution in [3.63, 3.8) is 0 Å². The Bertz CT molecular complexity index is 1100. The van der Waals surface area contributed by atoms with E-state index < -0.39 is 4.92 Å². The molecule has 1 aliphatic heterocycles. The van der Waals surface area contributed by atoms with Crippen LogP contribution in [0.5, 0.6) is 5.75 Å². The third-order valence-electron chi connectivity index (χ3n) is 5.20. The molecule has 0 radical (unpaired) electrons. The van der Waals surface area contributed by atoms with Gasteiger partial charge in [-0.2, -0.15) is 0 Å². The molecule has 0 bridgehead atoms. The van der Waals surface area contributed by atoms with Crippen LogP contribution >= 0.6 is 0 Å². The van der Waals surface area contributed by atoms with Gasteiger partial charge in [-0.25, -0.2) is 14.4 Å². The standard InChI is InChI=1S/C22H23FN6O3/c1-2-32-19-10-6-4-8-17(19)26-21-20(29(30)31)22(25-15-24-21)28-13-11-27(12-14-28)18-9-5-3-7-16(18)23/h3-10,15H,2,11-14H2,1H3,(H,24,25,26). The molecule has 9 nitrogen and oxygen atoms in total. The lowest BCUT2D eigenvalue weighted by Gasteiger charge is -2.36. The van der Waals surface area contributed by atoms with Crippen molar-refractivity contribution in [3.05, 3.63) is 70.8 Å². The highest BCUT2D eigenvalue weighted by molar-refractivity contribution is 5.76. The van der Waals surface area contributed by atoms with E-state index in [2.05, 4.69) is 15.3 Å². The summed E-state index contributed by atoms with van der Waals surface area (Å²) >= 11 is 0. The zero-order valence-corrected chi connectivity index (χ0v) is 17.6. The molecule has 2 heterocycles. The molecular formula is C22H23FN6O3. The monoisotopic (exact) mass is 438 g/mol. The van der Waals surface area contributed by atoms with Gasteiger partial charge in [0.05, 0.1) is 22.9 Å². The van der Waals surface area contributed by atoms with Gasteiger partial charge in [0, 0.05) is 26.2 Å². The summed E-state index contributed by atoms with van der Waals surface area (Å²) in [5, 5.41) is 15.0. The highest BCUT2D eigenvalue weighted by Gasteiger charge is 2.30. The predicted molar refractivity (Wildman–Crippen MR) is 120 cm³/mol. The number of hydrogen-bond donors (Lipinski definition) is 1. The van der Waals surface area contributed by atoms with Crippen molar-refractivity contribution in [1.82, 2.24) is 9.97 Å². The summed E-state index contributed by atoms with van der Waals surface area (Å²) in [4.78, 5) is 23.6. The molecule has 4 rings (SSSR count). The summed E-state index contributed by atoms with van der Waals surface area (Å²) < 4.78 is 19.7. The number of benzene rings is 2. The Morgan fingerprint density at radius 2 is 1.75 bits per heavy atom. The van der Waals surface area contributed by atoms with Gasteiger partial charge in [-0.3, -0.25) is 10.1 Å². The first kappa shape index (κ1) is 21.3.